The fourth-order valence-corrected chi connectivity index (χ4v) is 1.71. The molecule has 0 radical (unpaired) electrons. The predicted molar refractivity (Wildman–Crippen MR) is 68.8 cm³/mol. The summed E-state index contributed by atoms with van der Waals surface area (Å²) in [7, 11) is 0. The van der Waals surface area contributed by atoms with E-state index in [4.69, 9.17) is 4.74 Å². The lowest BCUT2D eigenvalue weighted by Gasteiger charge is -2.35. The quantitative estimate of drug-likeness (QED) is 0.803. The maximum atomic E-state index is 12.0. The highest BCUT2D eigenvalue weighted by Crippen LogP contribution is 2.14. The Morgan fingerprint density at radius 3 is 1.95 bits per heavy atom. The van der Waals surface area contributed by atoms with Crippen molar-refractivity contribution in [1.82, 2.24) is 15.1 Å². The molecule has 1 aliphatic rings. The minimum atomic E-state index is -4.44. The molecule has 0 bridgehead atoms. The molecule has 1 fully saturated rings. The van der Waals surface area contributed by atoms with Gasteiger partial charge in [-0.3, -0.25) is 0 Å². The van der Waals surface area contributed by atoms with Gasteiger partial charge in [-0.25, -0.2) is 9.59 Å². The highest BCUT2D eigenvalue weighted by molar-refractivity contribution is 5.75. The molecule has 1 saturated heterocycles. The van der Waals surface area contributed by atoms with Crippen LogP contribution in [-0.2, 0) is 4.74 Å². The van der Waals surface area contributed by atoms with Gasteiger partial charge in [0.15, 0.2) is 0 Å². The Morgan fingerprint density at radius 2 is 1.52 bits per heavy atom. The van der Waals surface area contributed by atoms with Crippen LogP contribution >= 0.6 is 0 Å². The Kier molecular flexibility index (Phi) is 5.30. The van der Waals surface area contributed by atoms with Gasteiger partial charge >= 0.3 is 18.3 Å². The van der Waals surface area contributed by atoms with Crippen LogP contribution in [0.1, 0.15) is 20.8 Å². The first-order valence-corrected chi connectivity index (χ1v) is 6.55. The lowest BCUT2D eigenvalue weighted by Crippen LogP contribution is -2.54. The third kappa shape index (κ3) is 6.54. The minimum absolute atomic E-state index is 0.170. The van der Waals surface area contributed by atoms with Gasteiger partial charge in [0, 0.05) is 26.2 Å². The normalized spacial score (nSPS) is 16.7. The molecule has 0 saturated carbocycles. The van der Waals surface area contributed by atoms with E-state index in [2.05, 4.69) is 0 Å². The fraction of sp³-hybridized carbons (Fsp3) is 0.833. The Hall–Kier alpha value is -1.67. The molecule has 122 valence electrons. The van der Waals surface area contributed by atoms with Gasteiger partial charge in [-0.1, -0.05) is 0 Å². The van der Waals surface area contributed by atoms with Crippen molar-refractivity contribution in [3.8, 4) is 0 Å². The van der Waals surface area contributed by atoms with Crippen molar-refractivity contribution < 1.29 is 27.5 Å². The Morgan fingerprint density at radius 1 is 1.05 bits per heavy atom. The van der Waals surface area contributed by atoms with Crippen LogP contribution < -0.4 is 5.32 Å². The zero-order valence-corrected chi connectivity index (χ0v) is 12.3. The molecule has 0 atom stereocenters. The number of hydrogen-bond donors (Lipinski definition) is 1. The molecule has 0 aromatic rings. The highest BCUT2D eigenvalue weighted by atomic mass is 19.4. The summed E-state index contributed by atoms with van der Waals surface area (Å²) >= 11 is 0. The third-order valence-electron chi connectivity index (χ3n) is 2.66. The van der Waals surface area contributed by atoms with Crippen LogP contribution in [0.5, 0.6) is 0 Å². The van der Waals surface area contributed by atoms with E-state index in [1.54, 1.807) is 26.1 Å². The first-order valence-electron chi connectivity index (χ1n) is 6.55. The Bertz CT molecular complexity index is 385. The van der Waals surface area contributed by atoms with Crippen LogP contribution in [0.3, 0.4) is 0 Å². The van der Waals surface area contributed by atoms with Gasteiger partial charge in [0.05, 0.1) is 0 Å². The first kappa shape index (κ1) is 17.4. The summed E-state index contributed by atoms with van der Waals surface area (Å²) < 4.78 is 41.2. The number of alkyl halides is 3. The SMILES string of the molecule is CC(C)(C)OC(=O)N1CCN(C(=O)NCC(F)(F)F)CC1. The Labute approximate surface area is 121 Å². The number of amides is 3. The number of nitrogens with zero attached hydrogens (tertiary/aromatic N) is 2. The van der Waals surface area contributed by atoms with Crippen LogP contribution in [0.15, 0.2) is 0 Å². The van der Waals surface area contributed by atoms with E-state index in [9.17, 15) is 22.8 Å². The zero-order chi connectivity index (χ0) is 16.3. The molecule has 0 aromatic heterocycles. The second-order valence-corrected chi connectivity index (χ2v) is 5.73. The molecular weight excluding hydrogens is 291 g/mol. The number of piperazine rings is 1. The fourth-order valence-electron chi connectivity index (χ4n) is 1.71. The molecule has 6 nitrogen and oxygen atoms in total. The molecular formula is C12H20F3N3O3. The summed E-state index contributed by atoms with van der Waals surface area (Å²) in [5, 5.41) is 1.80. The number of ether oxygens (including phenoxy) is 1. The monoisotopic (exact) mass is 311 g/mol. The van der Waals surface area contributed by atoms with Crippen molar-refractivity contribution in [1.29, 1.82) is 0 Å². The lowest BCUT2D eigenvalue weighted by molar-refractivity contribution is -0.123. The van der Waals surface area contributed by atoms with Crippen molar-refractivity contribution in [3.63, 3.8) is 0 Å². The number of halogens is 3. The van der Waals surface area contributed by atoms with Gasteiger partial charge in [0.25, 0.3) is 0 Å². The van der Waals surface area contributed by atoms with Crippen LogP contribution in [0.2, 0.25) is 0 Å². The first-order chi connectivity index (χ1) is 9.48. The molecule has 1 N–H and O–H groups in total. The van der Waals surface area contributed by atoms with Gasteiger partial charge in [-0.2, -0.15) is 13.2 Å². The number of nitrogens with one attached hydrogen (secondary N) is 1. The number of hydrogen-bond acceptors (Lipinski definition) is 3. The van der Waals surface area contributed by atoms with Crippen LogP contribution in [0.25, 0.3) is 0 Å². The number of carbonyl (C=O) groups excluding carboxylic acids is 2. The van der Waals surface area contributed by atoms with Crippen molar-refractivity contribution >= 4 is 12.1 Å². The average molecular weight is 311 g/mol. The van der Waals surface area contributed by atoms with E-state index in [1.165, 1.54) is 9.80 Å². The summed E-state index contributed by atoms with van der Waals surface area (Å²) in [4.78, 5) is 26.0. The van der Waals surface area contributed by atoms with Gasteiger partial charge < -0.3 is 19.9 Å². The van der Waals surface area contributed by atoms with E-state index >= 15 is 0 Å². The van der Waals surface area contributed by atoms with Crippen molar-refractivity contribution in [3.05, 3.63) is 0 Å². The second-order valence-electron chi connectivity index (χ2n) is 5.73. The number of carbonyl (C=O) groups is 2. The van der Waals surface area contributed by atoms with E-state index < -0.39 is 30.4 Å². The van der Waals surface area contributed by atoms with Crippen molar-refractivity contribution in [2.24, 2.45) is 0 Å². The summed E-state index contributed by atoms with van der Waals surface area (Å²) in [5.41, 5.74) is -0.613. The smallest absolute Gasteiger partial charge is 0.410 e. The largest absolute Gasteiger partial charge is 0.444 e. The molecule has 1 aliphatic heterocycles. The maximum Gasteiger partial charge on any atom is 0.410 e. The Balaban J connectivity index is 2.38. The molecule has 1 rings (SSSR count). The molecule has 1 heterocycles. The third-order valence-corrected chi connectivity index (χ3v) is 2.66. The van der Waals surface area contributed by atoms with Crippen molar-refractivity contribution in [2.45, 2.75) is 32.5 Å². The van der Waals surface area contributed by atoms with E-state index in [-0.39, 0.29) is 26.2 Å². The maximum absolute atomic E-state index is 12.0. The molecule has 0 unspecified atom stereocenters. The van der Waals surface area contributed by atoms with Crippen molar-refractivity contribution in [2.75, 3.05) is 32.7 Å². The van der Waals surface area contributed by atoms with Crippen LogP contribution in [0.4, 0.5) is 22.8 Å². The van der Waals surface area contributed by atoms with E-state index in [0.29, 0.717) is 0 Å². The van der Waals surface area contributed by atoms with Crippen LogP contribution in [0, 0.1) is 0 Å². The van der Waals surface area contributed by atoms with E-state index in [1.807, 2.05) is 0 Å². The topological polar surface area (TPSA) is 61.9 Å². The molecule has 0 aliphatic carbocycles. The second kappa shape index (κ2) is 6.40. The molecule has 3 amide bonds. The average Bonchev–Trinajstić information content (AvgIpc) is 2.33. The zero-order valence-electron chi connectivity index (χ0n) is 12.3. The lowest BCUT2D eigenvalue weighted by atomic mass is 10.2. The summed E-state index contributed by atoms with van der Waals surface area (Å²) in [5.74, 6) is 0. The van der Waals surface area contributed by atoms with E-state index in [0.717, 1.165) is 0 Å². The summed E-state index contributed by atoms with van der Waals surface area (Å²) in [6.45, 7) is 4.66. The molecule has 9 heteroatoms. The standard InChI is InChI=1S/C12H20F3N3O3/c1-11(2,3)21-10(20)18-6-4-17(5-7-18)9(19)16-8-12(13,14)15/h4-8H2,1-3H3,(H,16,19). The highest BCUT2D eigenvalue weighted by Gasteiger charge is 2.31. The molecule has 0 aromatic carbocycles. The molecule has 0 spiro atoms. The van der Waals surface area contributed by atoms with Gasteiger partial charge in [0.2, 0.25) is 0 Å². The summed E-state index contributed by atoms with van der Waals surface area (Å²) in [6.07, 6.45) is -4.92. The summed E-state index contributed by atoms with van der Waals surface area (Å²) in [6, 6.07) is -0.781. The molecule has 21 heavy (non-hydrogen) atoms. The van der Waals surface area contributed by atoms with Gasteiger partial charge in [-0.15, -0.1) is 0 Å². The van der Waals surface area contributed by atoms with Crippen LogP contribution in [-0.4, -0.2) is 66.4 Å². The number of rotatable bonds is 1. The predicted octanol–water partition coefficient (Wildman–Crippen LogP) is 1.81. The van der Waals surface area contributed by atoms with Gasteiger partial charge in [0.1, 0.15) is 12.1 Å². The minimum Gasteiger partial charge on any atom is -0.444 e. The number of urea groups is 1. The van der Waals surface area contributed by atoms with Gasteiger partial charge in [-0.05, 0) is 20.8 Å².